The number of carbonyl (C=O) groups is 4. The minimum Gasteiger partial charge on any atom is -0.508 e. The van der Waals surface area contributed by atoms with Crippen molar-refractivity contribution in [3.8, 4) is 5.75 Å². The molecule has 0 aliphatic rings. The van der Waals surface area contributed by atoms with Crippen LogP contribution in [-0.2, 0) is 9.47 Å². The molecule has 0 aromatic heterocycles. The van der Waals surface area contributed by atoms with E-state index in [2.05, 4.69) is 21.3 Å². The Morgan fingerprint density at radius 1 is 0.622 bits per heavy atom. The molecule has 0 saturated heterocycles. The maximum atomic E-state index is 12.5. The maximum absolute atomic E-state index is 12.5. The van der Waals surface area contributed by atoms with Crippen molar-refractivity contribution in [2.45, 2.75) is 78.4 Å². The highest BCUT2D eigenvalue weighted by atomic mass is 16.6. The third-order valence-electron chi connectivity index (χ3n) is 4.56. The number of aromatic hydroxyl groups is 1. The Bertz CT molecular complexity index is 850. The van der Waals surface area contributed by atoms with E-state index < -0.39 is 35.2 Å². The Labute approximate surface area is 219 Å². The second-order valence-corrected chi connectivity index (χ2v) is 10.6. The fourth-order valence-electron chi connectivity index (χ4n) is 2.99. The number of rotatable bonds is 12. The lowest BCUT2D eigenvalue weighted by molar-refractivity contribution is 0.0515. The van der Waals surface area contributed by atoms with Crippen molar-refractivity contribution >= 4 is 24.0 Å². The molecule has 0 atom stereocenters. The molecule has 0 bridgehead atoms. The molecule has 1 aromatic rings. The van der Waals surface area contributed by atoms with Crippen LogP contribution in [0, 0.1) is 0 Å². The van der Waals surface area contributed by atoms with Crippen molar-refractivity contribution in [3.05, 3.63) is 29.3 Å². The summed E-state index contributed by atoms with van der Waals surface area (Å²) in [5, 5.41) is 20.8. The van der Waals surface area contributed by atoms with Gasteiger partial charge < -0.3 is 35.8 Å². The van der Waals surface area contributed by atoms with E-state index >= 15 is 0 Å². The van der Waals surface area contributed by atoms with E-state index in [1.807, 2.05) is 0 Å². The first kappa shape index (κ1) is 31.5. The number of hydrogen-bond acceptors (Lipinski definition) is 7. The summed E-state index contributed by atoms with van der Waals surface area (Å²) in [5.74, 6) is -1.03. The van der Waals surface area contributed by atoms with Crippen LogP contribution in [0.5, 0.6) is 5.75 Å². The largest absolute Gasteiger partial charge is 0.508 e. The molecular formula is C26H42N4O7. The standard InChI is InChI=1S/C26H42N4O7/c1-25(2,3)36-23(34)29-13-9-7-11-27-21(32)18-15-19(17-20(31)16-18)22(33)28-12-8-10-14-30-24(35)37-26(4,5)6/h15-17,31H,7-14H2,1-6H3,(H,27,32)(H,28,33)(H,29,34)(H,30,35). The molecule has 0 heterocycles. The van der Waals surface area contributed by atoms with E-state index in [-0.39, 0.29) is 16.9 Å². The van der Waals surface area contributed by atoms with Crippen molar-refractivity contribution in [2.75, 3.05) is 26.2 Å². The van der Waals surface area contributed by atoms with Crippen LogP contribution in [0.15, 0.2) is 18.2 Å². The second-order valence-electron chi connectivity index (χ2n) is 10.6. The number of phenolic OH excluding ortho intramolecular Hbond substituents is 1. The first-order valence-corrected chi connectivity index (χ1v) is 12.5. The van der Waals surface area contributed by atoms with Crippen LogP contribution in [0.4, 0.5) is 9.59 Å². The van der Waals surface area contributed by atoms with Crippen molar-refractivity contribution in [2.24, 2.45) is 0 Å². The number of amides is 4. The van der Waals surface area contributed by atoms with Gasteiger partial charge in [-0.25, -0.2) is 9.59 Å². The summed E-state index contributed by atoms with van der Waals surface area (Å²) in [6.45, 7) is 12.3. The lowest BCUT2D eigenvalue weighted by Gasteiger charge is -2.19. The Morgan fingerprint density at radius 2 is 0.946 bits per heavy atom. The van der Waals surface area contributed by atoms with Gasteiger partial charge in [0.05, 0.1) is 0 Å². The molecule has 0 saturated carbocycles. The molecule has 0 fully saturated rings. The van der Waals surface area contributed by atoms with Crippen molar-refractivity contribution in [1.29, 1.82) is 0 Å². The van der Waals surface area contributed by atoms with E-state index in [0.717, 1.165) is 0 Å². The first-order chi connectivity index (χ1) is 17.2. The van der Waals surface area contributed by atoms with Gasteiger partial charge in [-0.1, -0.05) is 0 Å². The van der Waals surface area contributed by atoms with Crippen LogP contribution in [0.25, 0.3) is 0 Å². The number of carbonyl (C=O) groups excluding carboxylic acids is 4. The molecule has 11 heteroatoms. The molecule has 0 aliphatic carbocycles. The minimum absolute atomic E-state index is 0.165. The summed E-state index contributed by atoms with van der Waals surface area (Å²) in [4.78, 5) is 48.1. The fraction of sp³-hybridized carbons (Fsp3) is 0.615. The van der Waals surface area contributed by atoms with Crippen LogP contribution in [0.1, 0.15) is 87.9 Å². The summed E-state index contributed by atoms with van der Waals surface area (Å²) in [5.41, 5.74) is -0.789. The molecule has 0 spiro atoms. The molecule has 0 unspecified atom stereocenters. The molecule has 11 nitrogen and oxygen atoms in total. The van der Waals surface area contributed by atoms with Gasteiger partial charge in [0.15, 0.2) is 0 Å². The quantitative estimate of drug-likeness (QED) is 0.263. The summed E-state index contributed by atoms with van der Waals surface area (Å²) >= 11 is 0. The maximum Gasteiger partial charge on any atom is 0.407 e. The van der Waals surface area contributed by atoms with Crippen molar-refractivity contribution in [3.63, 3.8) is 0 Å². The number of nitrogens with one attached hydrogen (secondary N) is 4. The van der Waals surface area contributed by atoms with Crippen LogP contribution in [-0.4, -0.2) is 66.5 Å². The molecule has 37 heavy (non-hydrogen) atoms. The molecule has 0 radical (unpaired) electrons. The van der Waals surface area contributed by atoms with Crippen molar-refractivity contribution in [1.82, 2.24) is 21.3 Å². The average molecular weight is 523 g/mol. The number of ether oxygens (including phenoxy) is 2. The predicted molar refractivity (Wildman–Crippen MR) is 140 cm³/mol. The smallest absolute Gasteiger partial charge is 0.407 e. The normalized spacial score (nSPS) is 11.3. The zero-order valence-corrected chi connectivity index (χ0v) is 22.8. The van der Waals surface area contributed by atoms with Crippen LogP contribution >= 0.6 is 0 Å². The number of benzene rings is 1. The van der Waals surface area contributed by atoms with E-state index in [1.54, 1.807) is 41.5 Å². The molecule has 1 aromatic carbocycles. The number of phenols is 1. The second kappa shape index (κ2) is 14.9. The highest BCUT2D eigenvalue weighted by Crippen LogP contribution is 2.16. The monoisotopic (exact) mass is 522 g/mol. The van der Waals surface area contributed by atoms with Gasteiger partial charge in [0.25, 0.3) is 11.8 Å². The Balaban J connectivity index is 2.35. The number of alkyl carbamates (subject to hydrolysis) is 2. The summed E-state index contributed by atoms with van der Waals surface area (Å²) < 4.78 is 10.3. The average Bonchev–Trinajstić information content (AvgIpc) is 2.75. The Kier molecular flexibility index (Phi) is 12.7. The van der Waals surface area contributed by atoms with Crippen molar-refractivity contribution < 1.29 is 33.8 Å². The van der Waals surface area contributed by atoms with Crippen LogP contribution < -0.4 is 21.3 Å². The molecule has 208 valence electrons. The highest BCUT2D eigenvalue weighted by molar-refractivity contribution is 6.00. The van der Waals surface area contributed by atoms with Gasteiger partial charge in [-0.2, -0.15) is 0 Å². The van der Waals surface area contributed by atoms with E-state index in [4.69, 9.17) is 9.47 Å². The minimum atomic E-state index is -0.560. The van der Waals surface area contributed by atoms with E-state index in [0.29, 0.717) is 51.9 Å². The lowest BCUT2D eigenvalue weighted by atomic mass is 10.1. The number of unbranched alkanes of at least 4 members (excludes halogenated alkanes) is 2. The summed E-state index contributed by atoms with van der Waals surface area (Å²) in [7, 11) is 0. The van der Waals surface area contributed by atoms with Crippen LogP contribution in [0.3, 0.4) is 0 Å². The zero-order valence-electron chi connectivity index (χ0n) is 22.8. The Morgan fingerprint density at radius 3 is 1.27 bits per heavy atom. The third-order valence-corrected chi connectivity index (χ3v) is 4.56. The third kappa shape index (κ3) is 15.3. The Hall–Kier alpha value is -3.50. The van der Waals surface area contributed by atoms with Gasteiger partial charge in [0, 0.05) is 37.3 Å². The molecule has 0 aliphatic heterocycles. The summed E-state index contributed by atoms with van der Waals surface area (Å²) in [6, 6.07) is 4.00. The van der Waals surface area contributed by atoms with Gasteiger partial charge in [-0.3, -0.25) is 9.59 Å². The molecular weight excluding hydrogens is 480 g/mol. The SMILES string of the molecule is CC(C)(C)OC(=O)NCCCCNC(=O)c1cc(O)cc(C(=O)NCCCCNC(=O)OC(C)(C)C)c1. The zero-order chi connectivity index (χ0) is 28.1. The van der Waals surface area contributed by atoms with Gasteiger partial charge in [0.2, 0.25) is 0 Å². The van der Waals surface area contributed by atoms with Crippen LogP contribution in [0.2, 0.25) is 0 Å². The molecule has 4 amide bonds. The number of hydrogen-bond donors (Lipinski definition) is 5. The topological polar surface area (TPSA) is 155 Å². The van der Waals surface area contributed by atoms with E-state index in [1.165, 1.54) is 18.2 Å². The predicted octanol–water partition coefficient (Wildman–Crippen LogP) is 3.46. The van der Waals surface area contributed by atoms with Gasteiger partial charge in [-0.15, -0.1) is 0 Å². The lowest BCUT2D eigenvalue weighted by Crippen LogP contribution is -2.33. The van der Waals surface area contributed by atoms with Gasteiger partial charge in [-0.05, 0) is 85.4 Å². The van der Waals surface area contributed by atoms with E-state index in [9.17, 15) is 24.3 Å². The molecule has 1 rings (SSSR count). The van der Waals surface area contributed by atoms with Gasteiger partial charge in [0.1, 0.15) is 17.0 Å². The summed E-state index contributed by atoms with van der Waals surface area (Å²) in [6.07, 6.45) is 1.55. The highest BCUT2D eigenvalue weighted by Gasteiger charge is 2.17. The fourth-order valence-corrected chi connectivity index (χ4v) is 2.99. The molecule has 5 N–H and O–H groups in total. The van der Waals surface area contributed by atoms with Gasteiger partial charge >= 0.3 is 12.2 Å². The first-order valence-electron chi connectivity index (χ1n) is 12.5.